The SMILES string of the molecule is CCOC(OCC)C(Cc1cc(Br)ccc1F)NN. The van der Waals surface area contributed by atoms with Crippen LogP contribution in [0.1, 0.15) is 19.4 Å². The summed E-state index contributed by atoms with van der Waals surface area (Å²) in [4.78, 5) is 0. The second-order valence-electron chi connectivity index (χ2n) is 3.99. The molecule has 1 rings (SSSR count). The molecular weight excluding hydrogens is 315 g/mol. The van der Waals surface area contributed by atoms with E-state index in [1.807, 2.05) is 13.8 Å². The number of hydrogen-bond acceptors (Lipinski definition) is 4. The van der Waals surface area contributed by atoms with Crippen LogP contribution < -0.4 is 11.3 Å². The summed E-state index contributed by atoms with van der Waals surface area (Å²) < 4.78 is 25.5. The molecule has 108 valence electrons. The quantitative estimate of drug-likeness (QED) is 0.435. The molecule has 0 saturated carbocycles. The zero-order valence-electron chi connectivity index (χ0n) is 11.2. The molecule has 0 spiro atoms. The van der Waals surface area contributed by atoms with E-state index in [1.54, 1.807) is 12.1 Å². The number of ether oxygens (including phenoxy) is 2. The van der Waals surface area contributed by atoms with Crippen molar-refractivity contribution in [1.29, 1.82) is 0 Å². The predicted octanol–water partition coefficient (Wildman–Crippen LogP) is 2.36. The summed E-state index contributed by atoms with van der Waals surface area (Å²) in [6.45, 7) is 4.76. The third-order valence-electron chi connectivity index (χ3n) is 2.65. The van der Waals surface area contributed by atoms with Gasteiger partial charge in [-0.25, -0.2) is 4.39 Å². The van der Waals surface area contributed by atoms with Gasteiger partial charge in [-0.1, -0.05) is 15.9 Å². The van der Waals surface area contributed by atoms with Crippen LogP contribution in [0.25, 0.3) is 0 Å². The van der Waals surface area contributed by atoms with E-state index in [1.165, 1.54) is 6.07 Å². The molecule has 6 heteroatoms. The molecule has 0 aromatic heterocycles. The van der Waals surface area contributed by atoms with E-state index in [0.717, 1.165) is 4.47 Å². The maximum absolute atomic E-state index is 13.7. The van der Waals surface area contributed by atoms with E-state index in [2.05, 4.69) is 21.4 Å². The Morgan fingerprint density at radius 2 is 1.95 bits per heavy atom. The summed E-state index contributed by atoms with van der Waals surface area (Å²) in [6.07, 6.45) is -0.120. The van der Waals surface area contributed by atoms with Crippen LogP contribution in [0.5, 0.6) is 0 Å². The lowest BCUT2D eigenvalue weighted by molar-refractivity contribution is -0.153. The Hall–Kier alpha value is -0.530. The highest BCUT2D eigenvalue weighted by Crippen LogP contribution is 2.18. The lowest BCUT2D eigenvalue weighted by Gasteiger charge is -2.26. The van der Waals surface area contributed by atoms with Gasteiger partial charge in [-0.15, -0.1) is 0 Å². The summed E-state index contributed by atoms with van der Waals surface area (Å²) >= 11 is 3.33. The Labute approximate surface area is 121 Å². The molecule has 0 heterocycles. The Bertz CT molecular complexity index is 387. The summed E-state index contributed by atoms with van der Waals surface area (Å²) in [5, 5.41) is 0. The number of benzene rings is 1. The lowest BCUT2D eigenvalue weighted by Crippen LogP contribution is -2.48. The van der Waals surface area contributed by atoms with Gasteiger partial charge in [0, 0.05) is 17.7 Å². The minimum absolute atomic E-state index is 0.268. The Morgan fingerprint density at radius 1 is 1.32 bits per heavy atom. The minimum Gasteiger partial charge on any atom is -0.351 e. The Balaban J connectivity index is 2.81. The molecule has 0 aliphatic rings. The van der Waals surface area contributed by atoms with Crippen LogP contribution in [0.2, 0.25) is 0 Å². The van der Waals surface area contributed by atoms with Crippen molar-refractivity contribution in [2.45, 2.75) is 32.6 Å². The molecular formula is C13H20BrFN2O2. The lowest BCUT2D eigenvalue weighted by atomic mass is 10.1. The first kappa shape index (κ1) is 16.5. The topological polar surface area (TPSA) is 56.5 Å². The number of rotatable bonds is 8. The average molecular weight is 335 g/mol. The summed E-state index contributed by atoms with van der Waals surface area (Å²) in [7, 11) is 0. The number of halogens is 2. The standard InChI is InChI=1S/C13H20BrFN2O2/c1-3-18-13(19-4-2)12(17-16)8-9-7-10(14)5-6-11(9)15/h5-7,12-13,17H,3-4,8,16H2,1-2H3. The minimum atomic E-state index is -0.501. The highest BCUT2D eigenvalue weighted by Gasteiger charge is 2.22. The number of nitrogens with one attached hydrogen (secondary N) is 1. The normalized spacial score (nSPS) is 12.9. The van der Waals surface area contributed by atoms with E-state index in [-0.39, 0.29) is 11.9 Å². The molecule has 1 atom stereocenters. The first-order valence-electron chi connectivity index (χ1n) is 6.25. The molecule has 0 radical (unpaired) electrons. The number of hydrogen-bond donors (Lipinski definition) is 2. The van der Waals surface area contributed by atoms with E-state index < -0.39 is 6.29 Å². The van der Waals surface area contributed by atoms with Gasteiger partial charge in [0.15, 0.2) is 6.29 Å². The van der Waals surface area contributed by atoms with Crippen molar-refractivity contribution in [2.24, 2.45) is 5.84 Å². The van der Waals surface area contributed by atoms with E-state index >= 15 is 0 Å². The van der Waals surface area contributed by atoms with Crippen LogP contribution in [0.3, 0.4) is 0 Å². The van der Waals surface area contributed by atoms with Crippen LogP contribution >= 0.6 is 15.9 Å². The summed E-state index contributed by atoms with van der Waals surface area (Å²) in [6, 6.07) is 4.49. The van der Waals surface area contributed by atoms with Crippen LogP contribution in [-0.4, -0.2) is 25.5 Å². The van der Waals surface area contributed by atoms with Crippen molar-refractivity contribution >= 4 is 15.9 Å². The molecule has 0 fully saturated rings. The zero-order chi connectivity index (χ0) is 14.3. The molecule has 4 nitrogen and oxygen atoms in total. The molecule has 1 aromatic carbocycles. The third-order valence-corrected chi connectivity index (χ3v) is 3.15. The van der Waals surface area contributed by atoms with Crippen molar-refractivity contribution in [3.05, 3.63) is 34.1 Å². The van der Waals surface area contributed by atoms with Crippen molar-refractivity contribution in [3.63, 3.8) is 0 Å². The van der Waals surface area contributed by atoms with Gasteiger partial charge in [0.05, 0.1) is 6.04 Å². The summed E-state index contributed by atoms with van der Waals surface area (Å²) in [5.41, 5.74) is 3.19. The van der Waals surface area contributed by atoms with E-state index in [9.17, 15) is 4.39 Å². The molecule has 0 bridgehead atoms. The molecule has 0 amide bonds. The fraction of sp³-hybridized carbons (Fsp3) is 0.538. The maximum atomic E-state index is 13.7. The average Bonchev–Trinajstić information content (AvgIpc) is 2.39. The van der Waals surface area contributed by atoms with E-state index in [0.29, 0.717) is 25.2 Å². The molecule has 3 N–H and O–H groups in total. The molecule has 0 aliphatic carbocycles. The summed E-state index contributed by atoms with van der Waals surface area (Å²) in [5.74, 6) is 5.26. The largest absolute Gasteiger partial charge is 0.351 e. The second-order valence-corrected chi connectivity index (χ2v) is 4.91. The maximum Gasteiger partial charge on any atom is 0.174 e. The van der Waals surface area contributed by atoms with Crippen LogP contribution in [-0.2, 0) is 15.9 Å². The van der Waals surface area contributed by atoms with Gasteiger partial charge in [0.25, 0.3) is 0 Å². The van der Waals surface area contributed by atoms with Crippen molar-refractivity contribution in [2.75, 3.05) is 13.2 Å². The number of nitrogens with two attached hydrogens (primary N) is 1. The first-order valence-corrected chi connectivity index (χ1v) is 7.04. The van der Waals surface area contributed by atoms with Crippen LogP contribution in [0.15, 0.2) is 22.7 Å². The fourth-order valence-corrected chi connectivity index (χ4v) is 2.19. The molecule has 1 aromatic rings. The van der Waals surface area contributed by atoms with Crippen molar-refractivity contribution in [3.8, 4) is 0 Å². The smallest absolute Gasteiger partial charge is 0.174 e. The molecule has 1 unspecified atom stereocenters. The molecule has 0 aliphatic heterocycles. The van der Waals surface area contributed by atoms with Gasteiger partial charge >= 0.3 is 0 Å². The van der Waals surface area contributed by atoms with Crippen molar-refractivity contribution in [1.82, 2.24) is 5.43 Å². The van der Waals surface area contributed by atoms with Crippen LogP contribution in [0.4, 0.5) is 4.39 Å². The third kappa shape index (κ3) is 5.16. The van der Waals surface area contributed by atoms with Gasteiger partial charge in [-0.2, -0.15) is 0 Å². The molecule has 0 saturated heterocycles. The van der Waals surface area contributed by atoms with Gasteiger partial charge in [0.1, 0.15) is 5.82 Å². The van der Waals surface area contributed by atoms with Gasteiger partial charge in [0.2, 0.25) is 0 Å². The van der Waals surface area contributed by atoms with Crippen LogP contribution in [0, 0.1) is 5.82 Å². The predicted molar refractivity (Wildman–Crippen MR) is 76.0 cm³/mol. The highest BCUT2D eigenvalue weighted by atomic mass is 79.9. The van der Waals surface area contributed by atoms with Gasteiger partial charge < -0.3 is 9.47 Å². The Kier molecular flexibility index (Phi) is 7.48. The highest BCUT2D eigenvalue weighted by molar-refractivity contribution is 9.10. The Morgan fingerprint density at radius 3 is 2.47 bits per heavy atom. The van der Waals surface area contributed by atoms with Crippen molar-refractivity contribution < 1.29 is 13.9 Å². The second kappa shape index (κ2) is 8.60. The van der Waals surface area contributed by atoms with E-state index in [4.69, 9.17) is 15.3 Å². The van der Waals surface area contributed by atoms with Gasteiger partial charge in [-0.3, -0.25) is 11.3 Å². The monoisotopic (exact) mass is 334 g/mol. The fourth-order valence-electron chi connectivity index (χ4n) is 1.78. The number of hydrazine groups is 1. The molecule has 19 heavy (non-hydrogen) atoms. The first-order chi connectivity index (χ1) is 9.12. The zero-order valence-corrected chi connectivity index (χ0v) is 12.7. The van der Waals surface area contributed by atoms with Gasteiger partial charge in [-0.05, 0) is 44.0 Å².